The Morgan fingerprint density at radius 3 is 3.00 bits per heavy atom. The molecule has 0 spiro atoms. The maximum atomic E-state index is 12.4. The lowest BCUT2D eigenvalue weighted by Gasteiger charge is -2.26. The molecule has 1 aliphatic heterocycles. The summed E-state index contributed by atoms with van der Waals surface area (Å²) >= 11 is 1.30. The summed E-state index contributed by atoms with van der Waals surface area (Å²) in [7, 11) is -3.32. The van der Waals surface area contributed by atoms with E-state index in [1.54, 1.807) is 0 Å². The van der Waals surface area contributed by atoms with Crippen molar-refractivity contribution < 1.29 is 17.9 Å². The van der Waals surface area contributed by atoms with Crippen LogP contribution in [-0.2, 0) is 32.5 Å². The van der Waals surface area contributed by atoms with Gasteiger partial charge in [0, 0.05) is 24.4 Å². The SMILES string of the molecule is CCO[C@@H]1C[C@H]1C(=O)N1CCc2nc(NS(C)(=O)=O)sc2C1. The molecule has 0 radical (unpaired) electrons. The number of ether oxygens (including phenoxy) is 1. The van der Waals surface area contributed by atoms with Crippen molar-refractivity contribution in [2.45, 2.75) is 32.4 Å². The fraction of sp³-hybridized carbons (Fsp3) is 0.692. The van der Waals surface area contributed by atoms with Gasteiger partial charge in [-0.3, -0.25) is 9.52 Å². The highest BCUT2D eigenvalue weighted by Crippen LogP contribution is 2.37. The van der Waals surface area contributed by atoms with Gasteiger partial charge in [-0.15, -0.1) is 0 Å². The first-order chi connectivity index (χ1) is 10.4. The van der Waals surface area contributed by atoms with Crippen molar-refractivity contribution in [1.29, 1.82) is 0 Å². The lowest BCUT2D eigenvalue weighted by molar-refractivity contribution is -0.134. The van der Waals surface area contributed by atoms with Gasteiger partial charge in [0.2, 0.25) is 15.9 Å². The molecule has 22 heavy (non-hydrogen) atoms. The van der Waals surface area contributed by atoms with Gasteiger partial charge in [-0.1, -0.05) is 11.3 Å². The van der Waals surface area contributed by atoms with Crippen LogP contribution in [0.3, 0.4) is 0 Å². The number of hydrogen-bond donors (Lipinski definition) is 1. The van der Waals surface area contributed by atoms with E-state index in [-0.39, 0.29) is 17.9 Å². The van der Waals surface area contributed by atoms with Crippen molar-refractivity contribution in [3.05, 3.63) is 10.6 Å². The summed E-state index contributed by atoms with van der Waals surface area (Å²) in [5.41, 5.74) is 0.886. The first-order valence-electron chi connectivity index (χ1n) is 7.24. The Hall–Kier alpha value is -1.19. The predicted octanol–water partition coefficient (Wildman–Crippen LogP) is 0.824. The van der Waals surface area contributed by atoms with Crippen molar-refractivity contribution >= 4 is 32.4 Å². The fourth-order valence-corrected chi connectivity index (χ4v) is 4.51. The van der Waals surface area contributed by atoms with Gasteiger partial charge in [-0.2, -0.15) is 0 Å². The van der Waals surface area contributed by atoms with Crippen molar-refractivity contribution in [1.82, 2.24) is 9.88 Å². The Morgan fingerprint density at radius 2 is 2.32 bits per heavy atom. The molecule has 1 aliphatic carbocycles. The molecule has 1 saturated carbocycles. The molecule has 3 rings (SSSR count). The summed E-state index contributed by atoms with van der Waals surface area (Å²) in [4.78, 5) is 19.5. The third kappa shape index (κ3) is 3.41. The van der Waals surface area contributed by atoms with Gasteiger partial charge in [-0.05, 0) is 13.3 Å². The molecule has 122 valence electrons. The number of hydrogen-bond acceptors (Lipinski definition) is 6. The van der Waals surface area contributed by atoms with Crippen LogP contribution in [0.1, 0.15) is 23.9 Å². The molecule has 1 aromatic rings. The van der Waals surface area contributed by atoms with Crippen molar-refractivity contribution in [3.8, 4) is 0 Å². The highest BCUT2D eigenvalue weighted by atomic mass is 32.2. The van der Waals surface area contributed by atoms with Crippen LogP contribution in [-0.4, -0.2) is 49.7 Å². The molecule has 0 aromatic carbocycles. The van der Waals surface area contributed by atoms with E-state index >= 15 is 0 Å². The van der Waals surface area contributed by atoms with Crippen LogP contribution >= 0.6 is 11.3 Å². The summed E-state index contributed by atoms with van der Waals surface area (Å²) in [6.07, 6.45) is 2.64. The van der Waals surface area contributed by atoms with Crippen LogP contribution in [0, 0.1) is 5.92 Å². The highest BCUT2D eigenvalue weighted by molar-refractivity contribution is 7.92. The van der Waals surface area contributed by atoms with E-state index in [4.69, 9.17) is 4.74 Å². The first-order valence-corrected chi connectivity index (χ1v) is 9.95. The number of anilines is 1. The van der Waals surface area contributed by atoms with E-state index in [2.05, 4.69) is 9.71 Å². The average Bonchev–Trinajstić information content (AvgIpc) is 3.07. The molecule has 1 amide bonds. The lowest BCUT2D eigenvalue weighted by atomic mass is 10.1. The topological polar surface area (TPSA) is 88.6 Å². The minimum absolute atomic E-state index is 0.0111. The van der Waals surface area contributed by atoms with Crippen LogP contribution < -0.4 is 4.72 Å². The lowest BCUT2D eigenvalue weighted by Crippen LogP contribution is -2.37. The second-order valence-corrected chi connectivity index (χ2v) is 8.44. The number of sulfonamides is 1. The van der Waals surface area contributed by atoms with Crippen molar-refractivity contribution in [3.63, 3.8) is 0 Å². The van der Waals surface area contributed by atoms with Gasteiger partial charge in [-0.25, -0.2) is 13.4 Å². The zero-order chi connectivity index (χ0) is 15.9. The van der Waals surface area contributed by atoms with Crippen LogP contribution in [0.15, 0.2) is 0 Å². The van der Waals surface area contributed by atoms with E-state index in [1.807, 2.05) is 11.8 Å². The Balaban J connectivity index is 1.65. The number of nitrogens with one attached hydrogen (secondary N) is 1. The number of rotatable bonds is 5. The molecule has 1 aromatic heterocycles. The monoisotopic (exact) mass is 345 g/mol. The Bertz CT molecular complexity index is 685. The molecule has 2 heterocycles. The van der Waals surface area contributed by atoms with Gasteiger partial charge in [0.25, 0.3) is 0 Å². The molecule has 0 bridgehead atoms. The number of thiazole rings is 1. The molecule has 0 unspecified atom stereocenters. The Morgan fingerprint density at radius 1 is 1.55 bits per heavy atom. The summed E-state index contributed by atoms with van der Waals surface area (Å²) < 4.78 is 30.4. The number of aromatic nitrogens is 1. The number of nitrogens with zero attached hydrogens (tertiary/aromatic N) is 2. The van der Waals surface area contributed by atoms with Crippen LogP contribution in [0.25, 0.3) is 0 Å². The molecule has 7 nitrogen and oxygen atoms in total. The fourth-order valence-electron chi connectivity index (χ4n) is 2.65. The summed E-state index contributed by atoms with van der Waals surface area (Å²) in [6.45, 7) is 3.70. The van der Waals surface area contributed by atoms with Gasteiger partial charge in [0.15, 0.2) is 5.13 Å². The second-order valence-electron chi connectivity index (χ2n) is 5.61. The predicted molar refractivity (Wildman–Crippen MR) is 83.2 cm³/mol. The maximum absolute atomic E-state index is 12.4. The third-order valence-electron chi connectivity index (χ3n) is 3.75. The smallest absolute Gasteiger partial charge is 0.231 e. The number of fused-ring (bicyclic) bond motifs is 1. The molecule has 2 atom stereocenters. The van der Waals surface area contributed by atoms with Crippen LogP contribution in [0.4, 0.5) is 5.13 Å². The first kappa shape index (κ1) is 15.7. The minimum atomic E-state index is -3.32. The minimum Gasteiger partial charge on any atom is -0.378 e. The molecular weight excluding hydrogens is 326 g/mol. The molecule has 9 heteroatoms. The van der Waals surface area contributed by atoms with Gasteiger partial charge >= 0.3 is 0 Å². The standard InChI is InChI=1S/C13H19N3O4S2/c1-3-20-10-6-8(10)12(17)16-5-4-9-11(7-16)21-13(14-9)15-22(2,18)19/h8,10H,3-7H2,1-2H3,(H,14,15)/t8-,10-/m1/s1. The van der Waals surface area contributed by atoms with Crippen molar-refractivity contribution in [2.24, 2.45) is 5.92 Å². The molecule has 1 N–H and O–H groups in total. The van der Waals surface area contributed by atoms with Crippen molar-refractivity contribution in [2.75, 3.05) is 24.1 Å². The normalized spacial score (nSPS) is 24.0. The quantitative estimate of drug-likeness (QED) is 0.854. The van der Waals surface area contributed by atoms with Gasteiger partial charge < -0.3 is 9.64 Å². The van der Waals surface area contributed by atoms with Crippen LogP contribution in [0.2, 0.25) is 0 Å². The number of carbonyl (C=O) groups excluding carboxylic acids is 1. The van der Waals surface area contributed by atoms with Gasteiger partial charge in [0.1, 0.15) is 0 Å². The Labute approximate surface area is 133 Å². The number of amides is 1. The average molecular weight is 345 g/mol. The molecule has 1 fully saturated rings. The van der Waals surface area contributed by atoms with Crippen LogP contribution in [0.5, 0.6) is 0 Å². The zero-order valence-electron chi connectivity index (χ0n) is 12.5. The molecule has 0 saturated heterocycles. The van der Waals surface area contributed by atoms with E-state index < -0.39 is 10.0 Å². The summed E-state index contributed by atoms with van der Waals surface area (Å²) in [5, 5.41) is 0.375. The third-order valence-corrected chi connectivity index (χ3v) is 5.44. The summed E-state index contributed by atoms with van der Waals surface area (Å²) in [5.74, 6) is 0.123. The van der Waals surface area contributed by atoms with E-state index in [0.717, 1.165) is 23.2 Å². The van der Waals surface area contributed by atoms with E-state index in [9.17, 15) is 13.2 Å². The number of carbonyl (C=O) groups is 1. The Kier molecular flexibility index (Phi) is 4.13. The second kappa shape index (κ2) is 5.78. The molecule has 2 aliphatic rings. The molecular formula is C13H19N3O4S2. The van der Waals surface area contributed by atoms with Gasteiger partial charge in [0.05, 0.1) is 30.5 Å². The van der Waals surface area contributed by atoms with E-state index in [0.29, 0.717) is 31.2 Å². The van der Waals surface area contributed by atoms with E-state index in [1.165, 1.54) is 11.3 Å². The highest BCUT2D eigenvalue weighted by Gasteiger charge is 2.46. The maximum Gasteiger partial charge on any atom is 0.231 e. The largest absolute Gasteiger partial charge is 0.378 e. The summed E-state index contributed by atoms with van der Waals surface area (Å²) in [6, 6.07) is 0. The zero-order valence-corrected chi connectivity index (χ0v) is 14.2.